The number of hydrogen-bond acceptors (Lipinski definition) is 5. The van der Waals surface area contributed by atoms with Gasteiger partial charge in [0.1, 0.15) is 16.5 Å². The van der Waals surface area contributed by atoms with Crippen LogP contribution in [0, 0.1) is 6.92 Å². The summed E-state index contributed by atoms with van der Waals surface area (Å²) in [5.41, 5.74) is 2.22. The number of ether oxygens (including phenoxy) is 2. The summed E-state index contributed by atoms with van der Waals surface area (Å²) in [6, 6.07) is 16.6. The van der Waals surface area contributed by atoms with Gasteiger partial charge in [-0.3, -0.25) is 4.79 Å². The highest BCUT2D eigenvalue weighted by Crippen LogP contribution is 2.24. The van der Waals surface area contributed by atoms with Crippen molar-refractivity contribution in [1.82, 2.24) is 14.7 Å². The van der Waals surface area contributed by atoms with Gasteiger partial charge < -0.3 is 14.4 Å². The van der Waals surface area contributed by atoms with Crippen molar-refractivity contribution >= 4 is 23.5 Å². The first-order valence-electron chi connectivity index (χ1n) is 9.25. The quantitative estimate of drug-likeness (QED) is 0.538. The summed E-state index contributed by atoms with van der Waals surface area (Å²) < 4.78 is 11.8. The van der Waals surface area contributed by atoms with Crippen LogP contribution in [0.3, 0.4) is 0 Å². The van der Waals surface area contributed by atoms with Crippen LogP contribution in [0.15, 0.2) is 54.6 Å². The normalized spacial score (nSPS) is 10.5. The highest BCUT2D eigenvalue weighted by molar-refractivity contribution is 6.33. The Morgan fingerprint density at radius 3 is 2.40 bits per heavy atom. The Labute approximate surface area is 179 Å². The predicted molar refractivity (Wildman–Crippen MR) is 113 cm³/mol. The van der Waals surface area contributed by atoms with Gasteiger partial charge in [0.25, 0.3) is 5.91 Å². The average Bonchev–Trinajstić information content (AvgIpc) is 3.06. The molecule has 30 heavy (non-hydrogen) atoms. The molecule has 3 aromatic rings. The smallest absolute Gasteiger partial charge is 0.343 e. The second kappa shape index (κ2) is 9.45. The topological polar surface area (TPSA) is 73.7 Å². The van der Waals surface area contributed by atoms with Gasteiger partial charge in [0.15, 0.2) is 6.61 Å². The second-order valence-corrected chi connectivity index (χ2v) is 7.03. The Hall–Kier alpha value is -3.32. The monoisotopic (exact) mass is 427 g/mol. The maximum Gasteiger partial charge on any atom is 0.343 e. The molecule has 0 atom stereocenters. The highest BCUT2D eigenvalue weighted by Gasteiger charge is 2.23. The third-order valence-corrected chi connectivity index (χ3v) is 4.89. The fourth-order valence-electron chi connectivity index (χ4n) is 2.87. The molecule has 0 aliphatic heterocycles. The van der Waals surface area contributed by atoms with E-state index in [4.69, 9.17) is 21.1 Å². The van der Waals surface area contributed by atoms with Crippen LogP contribution in [0.5, 0.6) is 5.75 Å². The number of aryl methyl sites for hydroxylation is 1. The summed E-state index contributed by atoms with van der Waals surface area (Å²) in [6.45, 7) is 1.66. The highest BCUT2D eigenvalue weighted by atomic mass is 35.5. The number of halogens is 1. The van der Waals surface area contributed by atoms with Crippen LogP contribution >= 0.6 is 11.6 Å². The molecule has 1 aromatic heterocycles. The van der Waals surface area contributed by atoms with E-state index in [1.54, 1.807) is 21.1 Å². The van der Waals surface area contributed by atoms with E-state index < -0.39 is 12.6 Å². The van der Waals surface area contributed by atoms with Gasteiger partial charge in [0.2, 0.25) is 0 Å². The fourth-order valence-corrected chi connectivity index (χ4v) is 3.22. The van der Waals surface area contributed by atoms with Gasteiger partial charge in [-0.25, -0.2) is 9.48 Å². The molecular formula is C22H22ClN3O4. The molecule has 7 nitrogen and oxygen atoms in total. The maximum absolute atomic E-state index is 12.5. The second-order valence-electron chi connectivity index (χ2n) is 6.67. The van der Waals surface area contributed by atoms with Gasteiger partial charge in [-0.05, 0) is 36.8 Å². The number of rotatable bonds is 7. The lowest BCUT2D eigenvalue weighted by atomic mass is 10.2. The fraction of sp³-hybridized carbons (Fsp3) is 0.227. The molecule has 1 amide bonds. The first kappa shape index (κ1) is 21.4. The molecule has 0 unspecified atom stereocenters. The number of esters is 1. The molecule has 2 aromatic carbocycles. The number of carbonyl (C=O) groups excluding carboxylic acids is 2. The summed E-state index contributed by atoms with van der Waals surface area (Å²) in [5.74, 6) is -0.278. The largest absolute Gasteiger partial charge is 0.497 e. The third-order valence-electron chi connectivity index (χ3n) is 4.54. The summed E-state index contributed by atoms with van der Waals surface area (Å²) in [6.07, 6.45) is 0. The molecule has 3 rings (SSSR count). The van der Waals surface area contributed by atoms with Crippen LogP contribution < -0.4 is 4.74 Å². The van der Waals surface area contributed by atoms with Crippen LogP contribution in [-0.2, 0) is 16.1 Å². The molecule has 0 aliphatic carbocycles. The Morgan fingerprint density at radius 1 is 1.10 bits per heavy atom. The first-order chi connectivity index (χ1) is 14.4. The Bertz CT molecular complexity index is 1030. The van der Waals surface area contributed by atoms with E-state index in [-0.39, 0.29) is 16.6 Å². The van der Waals surface area contributed by atoms with E-state index in [0.29, 0.717) is 12.2 Å². The third kappa shape index (κ3) is 4.80. The van der Waals surface area contributed by atoms with E-state index in [0.717, 1.165) is 17.0 Å². The minimum Gasteiger partial charge on any atom is -0.497 e. The first-order valence-corrected chi connectivity index (χ1v) is 9.63. The lowest BCUT2D eigenvalue weighted by Crippen LogP contribution is -2.30. The van der Waals surface area contributed by atoms with Crippen LogP contribution in [0.4, 0.5) is 0 Å². The van der Waals surface area contributed by atoms with Crippen molar-refractivity contribution in [2.24, 2.45) is 0 Å². The molecule has 0 radical (unpaired) electrons. The van der Waals surface area contributed by atoms with E-state index in [1.165, 1.54) is 9.58 Å². The molecule has 0 fully saturated rings. The number of hydrogen-bond donors (Lipinski definition) is 0. The lowest BCUT2D eigenvalue weighted by molar-refractivity contribution is -0.133. The van der Waals surface area contributed by atoms with Crippen LogP contribution in [-0.4, -0.2) is 47.3 Å². The zero-order valence-electron chi connectivity index (χ0n) is 17.0. The van der Waals surface area contributed by atoms with E-state index >= 15 is 0 Å². The van der Waals surface area contributed by atoms with Crippen LogP contribution in [0.1, 0.15) is 21.6 Å². The summed E-state index contributed by atoms with van der Waals surface area (Å²) in [7, 11) is 3.24. The van der Waals surface area contributed by atoms with Crippen molar-refractivity contribution in [1.29, 1.82) is 0 Å². The van der Waals surface area contributed by atoms with Crippen molar-refractivity contribution in [2.75, 3.05) is 20.8 Å². The lowest BCUT2D eigenvalue weighted by Gasteiger charge is -2.17. The van der Waals surface area contributed by atoms with Gasteiger partial charge in [-0.15, -0.1) is 0 Å². The summed E-state index contributed by atoms with van der Waals surface area (Å²) >= 11 is 6.36. The molecule has 1 heterocycles. The molecule has 0 saturated carbocycles. The zero-order valence-corrected chi connectivity index (χ0v) is 17.7. The van der Waals surface area contributed by atoms with Gasteiger partial charge >= 0.3 is 5.97 Å². The van der Waals surface area contributed by atoms with Crippen molar-refractivity contribution < 1.29 is 19.1 Å². The molecule has 0 aliphatic rings. The maximum atomic E-state index is 12.5. The predicted octanol–water partition coefficient (Wildman–Crippen LogP) is 3.66. The standard InChI is InChI=1S/C22H22ClN3O4/c1-15-20(21(23)26(24-15)17-7-5-4-6-8-17)22(28)30-14-19(27)25(2)13-16-9-11-18(29-3)12-10-16/h4-12H,13-14H2,1-3H3. The number of carbonyl (C=O) groups is 2. The van der Waals surface area contributed by atoms with E-state index in [1.807, 2.05) is 54.6 Å². The van der Waals surface area contributed by atoms with Crippen molar-refractivity contribution in [3.63, 3.8) is 0 Å². The Morgan fingerprint density at radius 2 is 1.77 bits per heavy atom. The number of benzene rings is 2. The minimum atomic E-state index is -0.689. The number of para-hydroxylation sites is 1. The summed E-state index contributed by atoms with van der Waals surface area (Å²) in [5, 5.41) is 4.45. The molecule has 0 N–H and O–H groups in total. The molecule has 0 saturated heterocycles. The van der Waals surface area contributed by atoms with Crippen molar-refractivity contribution in [2.45, 2.75) is 13.5 Å². The van der Waals surface area contributed by atoms with E-state index in [9.17, 15) is 9.59 Å². The van der Waals surface area contributed by atoms with E-state index in [2.05, 4.69) is 5.10 Å². The molecule has 8 heteroatoms. The molecule has 0 spiro atoms. The summed E-state index contributed by atoms with van der Waals surface area (Å²) in [4.78, 5) is 26.4. The number of amides is 1. The Kier molecular flexibility index (Phi) is 6.74. The average molecular weight is 428 g/mol. The van der Waals surface area contributed by atoms with Crippen LogP contribution in [0.2, 0.25) is 5.15 Å². The number of likely N-dealkylation sites (N-methyl/N-ethyl adjacent to an activating group) is 1. The minimum absolute atomic E-state index is 0.141. The van der Waals surface area contributed by atoms with Gasteiger partial charge in [0.05, 0.1) is 18.5 Å². The molecule has 0 bridgehead atoms. The van der Waals surface area contributed by atoms with Gasteiger partial charge in [-0.2, -0.15) is 5.10 Å². The van der Waals surface area contributed by atoms with Crippen LogP contribution in [0.25, 0.3) is 5.69 Å². The number of methoxy groups -OCH3 is 1. The van der Waals surface area contributed by atoms with Crippen molar-refractivity contribution in [3.8, 4) is 11.4 Å². The molecule has 156 valence electrons. The Balaban J connectivity index is 1.62. The molecular weight excluding hydrogens is 406 g/mol. The SMILES string of the molecule is COc1ccc(CN(C)C(=O)COC(=O)c2c(C)nn(-c3ccccc3)c2Cl)cc1. The van der Waals surface area contributed by atoms with Gasteiger partial charge in [-0.1, -0.05) is 41.9 Å². The zero-order chi connectivity index (χ0) is 21.7. The number of nitrogens with zero attached hydrogens (tertiary/aromatic N) is 3. The number of aromatic nitrogens is 2. The van der Waals surface area contributed by atoms with Gasteiger partial charge in [0, 0.05) is 13.6 Å². The van der Waals surface area contributed by atoms with Crippen molar-refractivity contribution in [3.05, 3.63) is 76.6 Å².